The van der Waals surface area contributed by atoms with Crippen molar-refractivity contribution < 1.29 is 29.3 Å². The number of epoxide rings is 1. The molecule has 2 N–H and O–H groups in total. The Bertz CT molecular complexity index is 1090. The largest absolute Gasteiger partial charge is 0.481 e. The fourth-order valence-electron chi connectivity index (χ4n) is 12.7. The number of carbonyl (C=O) groups excluding carboxylic acids is 1. The molecule has 11 atom stereocenters. The molecule has 1 saturated heterocycles. The van der Waals surface area contributed by atoms with Crippen LogP contribution >= 0.6 is 0 Å². The van der Waals surface area contributed by atoms with E-state index in [1.54, 1.807) is 0 Å². The van der Waals surface area contributed by atoms with Gasteiger partial charge in [0.25, 0.3) is 0 Å². The van der Waals surface area contributed by atoms with Crippen LogP contribution in [0.2, 0.25) is 0 Å². The molecular formula is C34H52O6. The quantitative estimate of drug-likeness (QED) is 0.308. The Morgan fingerprint density at radius 3 is 2.17 bits per heavy atom. The topological polar surface area (TPSA) is 96.4 Å². The lowest BCUT2D eigenvalue weighted by atomic mass is 9.32. The molecule has 6 nitrogen and oxygen atoms in total. The van der Waals surface area contributed by atoms with Crippen molar-refractivity contribution in [3.05, 3.63) is 0 Å². The van der Waals surface area contributed by atoms with E-state index in [9.17, 15) is 19.8 Å². The number of fused-ring (bicyclic) bond motifs is 7. The Hall–Kier alpha value is -1.14. The molecular weight excluding hydrogens is 504 g/mol. The maximum Gasteiger partial charge on any atom is 0.309 e. The van der Waals surface area contributed by atoms with Gasteiger partial charge in [-0.3, -0.25) is 9.59 Å². The molecule has 7 aliphatic rings. The number of aliphatic carboxylic acids is 1. The zero-order chi connectivity index (χ0) is 28.5. The van der Waals surface area contributed by atoms with Crippen molar-refractivity contribution in [3.63, 3.8) is 0 Å². The highest BCUT2D eigenvalue weighted by molar-refractivity contribution is 5.76. The Labute approximate surface area is 240 Å². The lowest BCUT2D eigenvalue weighted by molar-refractivity contribution is -0.250. The van der Waals surface area contributed by atoms with Gasteiger partial charge in [0.1, 0.15) is 12.2 Å². The van der Waals surface area contributed by atoms with Gasteiger partial charge in [0.05, 0.1) is 24.0 Å². The summed E-state index contributed by atoms with van der Waals surface area (Å²) in [7, 11) is 0. The second kappa shape index (κ2) is 8.49. The van der Waals surface area contributed by atoms with Gasteiger partial charge in [0.15, 0.2) is 0 Å². The Morgan fingerprint density at radius 1 is 0.800 bits per heavy atom. The van der Waals surface area contributed by atoms with Crippen molar-refractivity contribution in [3.8, 4) is 0 Å². The molecule has 6 aliphatic carbocycles. The first kappa shape index (κ1) is 27.7. The molecule has 0 amide bonds. The molecule has 0 aromatic heterocycles. The van der Waals surface area contributed by atoms with Crippen LogP contribution in [-0.4, -0.2) is 47.1 Å². The van der Waals surface area contributed by atoms with E-state index >= 15 is 0 Å². The van der Waals surface area contributed by atoms with Crippen LogP contribution in [0.5, 0.6) is 0 Å². The molecule has 7 rings (SSSR count). The normalized spacial score (nSPS) is 54.4. The van der Waals surface area contributed by atoms with Gasteiger partial charge in [0.2, 0.25) is 0 Å². The number of esters is 1. The van der Waals surface area contributed by atoms with E-state index in [4.69, 9.17) is 9.47 Å². The number of carbonyl (C=O) groups is 2. The highest BCUT2D eigenvalue weighted by Crippen LogP contribution is 2.78. The van der Waals surface area contributed by atoms with Gasteiger partial charge in [0, 0.05) is 0 Å². The van der Waals surface area contributed by atoms with Gasteiger partial charge in [-0.1, -0.05) is 34.6 Å². The van der Waals surface area contributed by atoms with Crippen LogP contribution in [0.1, 0.15) is 112 Å². The fraction of sp³-hybridized carbons (Fsp3) is 0.941. The maximum atomic E-state index is 13.1. The van der Waals surface area contributed by atoms with Crippen molar-refractivity contribution in [2.75, 3.05) is 13.2 Å². The van der Waals surface area contributed by atoms with Crippen molar-refractivity contribution in [1.29, 1.82) is 0 Å². The van der Waals surface area contributed by atoms with E-state index in [-0.39, 0.29) is 51.5 Å². The van der Waals surface area contributed by atoms with Crippen molar-refractivity contribution in [2.45, 2.75) is 123 Å². The van der Waals surface area contributed by atoms with Crippen LogP contribution in [0.3, 0.4) is 0 Å². The van der Waals surface area contributed by atoms with Crippen molar-refractivity contribution in [1.82, 2.24) is 0 Å². The molecule has 1 heterocycles. The number of hydrogen-bond acceptors (Lipinski definition) is 5. The van der Waals surface area contributed by atoms with Crippen LogP contribution in [0.4, 0.5) is 0 Å². The highest BCUT2D eigenvalue weighted by atomic mass is 16.6. The van der Waals surface area contributed by atoms with Gasteiger partial charge in [-0.15, -0.1) is 0 Å². The highest BCUT2D eigenvalue weighted by Gasteiger charge is 2.74. The molecule has 6 saturated carbocycles. The van der Waals surface area contributed by atoms with Crippen LogP contribution < -0.4 is 0 Å². The molecule has 0 bridgehead atoms. The number of aliphatic hydroxyl groups excluding tert-OH is 1. The average Bonchev–Trinajstić information content (AvgIpc) is 3.83. The lowest BCUT2D eigenvalue weighted by Gasteiger charge is -2.72. The van der Waals surface area contributed by atoms with Gasteiger partial charge in [-0.05, 0) is 128 Å². The predicted molar refractivity (Wildman–Crippen MR) is 150 cm³/mol. The fourth-order valence-corrected chi connectivity index (χ4v) is 12.7. The average molecular weight is 557 g/mol. The van der Waals surface area contributed by atoms with Crippen LogP contribution in [0.25, 0.3) is 0 Å². The first-order chi connectivity index (χ1) is 18.8. The van der Waals surface area contributed by atoms with Crippen LogP contribution in [0, 0.1) is 62.6 Å². The Balaban J connectivity index is 1.22. The SMILES string of the molecule is CC1(C)C2CC[C@]3(C)C(CCC4C5[C@H](C6(COC(=O)C7CC7)CO6)CC[C@]5(C(=O)O)CC[C@]43C)[C@@]2(C)CC[C@H]1O. The molecule has 0 aromatic carbocycles. The number of ether oxygens (including phenoxy) is 2. The van der Waals surface area contributed by atoms with Crippen LogP contribution in [0.15, 0.2) is 0 Å². The smallest absolute Gasteiger partial charge is 0.309 e. The molecule has 1 aliphatic heterocycles. The Kier molecular flexibility index (Phi) is 5.87. The monoisotopic (exact) mass is 556 g/mol. The summed E-state index contributed by atoms with van der Waals surface area (Å²) in [5.74, 6) is 1.02. The minimum Gasteiger partial charge on any atom is -0.481 e. The summed E-state index contributed by atoms with van der Waals surface area (Å²) in [4.78, 5) is 25.6. The minimum absolute atomic E-state index is 0.0630. The second-order valence-corrected chi connectivity index (χ2v) is 16.9. The van der Waals surface area contributed by atoms with E-state index < -0.39 is 17.0 Å². The van der Waals surface area contributed by atoms with E-state index in [0.717, 1.165) is 70.6 Å². The lowest BCUT2D eigenvalue weighted by Crippen LogP contribution is -2.67. The molecule has 224 valence electrons. The third kappa shape index (κ3) is 3.41. The number of carboxylic acid groups (broad SMARTS) is 1. The number of rotatable bonds is 5. The van der Waals surface area contributed by atoms with Gasteiger partial charge >= 0.3 is 11.9 Å². The first-order valence-corrected chi connectivity index (χ1v) is 16.5. The summed E-state index contributed by atoms with van der Waals surface area (Å²) in [6, 6.07) is 0. The standard InChI is InChI=1S/C34H52O6/c1-29(2)23-11-14-32(5)24(30(23,3)13-12-25(29)35)9-8-21-26-22(34(19-40-34)18-39-27(36)20-6-7-20)10-15-33(26,28(37)38)17-16-31(21,32)4/h20-26,35H,6-19H2,1-5H3,(H,37,38)/t21?,22-,23?,24?,25-,26?,30+,31-,32-,33+,34?/m1/s1. The summed E-state index contributed by atoms with van der Waals surface area (Å²) in [6.45, 7) is 13.1. The molecule has 0 spiro atoms. The van der Waals surface area contributed by atoms with Crippen molar-refractivity contribution >= 4 is 11.9 Å². The number of aliphatic hydroxyl groups is 1. The van der Waals surface area contributed by atoms with E-state index in [1.807, 2.05) is 0 Å². The molecule has 0 radical (unpaired) electrons. The molecule has 40 heavy (non-hydrogen) atoms. The molecule has 0 aromatic rings. The minimum atomic E-state index is -0.685. The summed E-state index contributed by atoms with van der Waals surface area (Å²) in [6.07, 6.45) is 11.5. The second-order valence-electron chi connectivity index (χ2n) is 16.9. The summed E-state index contributed by atoms with van der Waals surface area (Å²) in [5.41, 5.74) is -0.825. The van der Waals surface area contributed by atoms with Gasteiger partial charge in [-0.25, -0.2) is 0 Å². The summed E-state index contributed by atoms with van der Waals surface area (Å²) < 4.78 is 12.0. The summed E-state index contributed by atoms with van der Waals surface area (Å²) in [5, 5.41) is 21.8. The van der Waals surface area contributed by atoms with Crippen molar-refractivity contribution in [2.24, 2.45) is 62.6 Å². The number of hydrogen-bond donors (Lipinski definition) is 2. The first-order valence-electron chi connectivity index (χ1n) is 16.5. The Morgan fingerprint density at radius 2 is 1.52 bits per heavy atom. The van der Waals surface area contributed by atoms with Gasteiger partial charge < -0.3 is 19.7 Å². The maximum absolute atomic E-state index is 13.1. The van der Waals surface area contributed by atoms with Crippen LogP contribution in [-0.2, 0) is 19.1 Å². The zero-order valence-corrected chi connectivity index (χ0v) is 25.5. The molecule has 6 heteroatoms. The van der Waals surface area contributed by atoms with Gasteiger partial charge in [-0.2, -0.15) is 0 Å². The van der Waals surface area contributed by atoms with E-state index in [2.05, 4.69) is 34.6 Å². The molecule has 7 fully saturated rings. The van der Waals surface area contributed by atoms with E-state index in [1.165, 1.54) is 6.42 Å². The van der Waals surface area contributed by atoms with E-state index in [0.29, 0.717) is 31.0 Å². The third-order valence-electron chi connectivity index (χ3n) is 15.4. The zero-order valence-electron chi connectivity index (χ0n) is 25.5. The summed E-state index contributed by atoms with van der Waals surface area (Å²) >= 11 is 0. The third-order valence-corrected chi connectivity index (χ3v) is 15.4. The number of carboxylic acids is 1. The molecule has 5 unspecified atom stereocenters. The predicted octanol–water partition coefficient (Wildman–Crippen LogP) is 6.24.